The van der Waals surface area contributed by atoms with E-state index < -0.39 is 0 Å². The van der Waals surface area contributed by atoms with Gasteiger partial charge in [-0.1, -0.05) is 57.4 Å². The molecular formula is C30H39N3O2. The van der Waals surface area contributed by atoms with Crippen LogP contribution in [0.5, 0.6) is 0 Å². The second kappa shape index (κ2) is 10.9. The monoisotopic (exact) mass is 473 g/mol. The Kier molecular flexibility index (Phi) is 7.91. The number of ether oxygens (including phenoxy) is 1. The van der Waals surface area contributed by atoms with E-state index in [-0.39, 0.29) is 23.4 Å². The van der Waals surface area contributed by atoms with Gasteiger partial charge in [-0.25, -0.2) is 4.98 Å². The van der Waals surface area contributed by atoms with E-state index in [1.807, 2.05) is 6.07 Å². The highest BCUT2D eigenvalue weighted by Gasteiger charge is 2.34. The molecule has 0 atom stereocenters. The van der Waals surface area contributed by atoms with Crippen LogP contribution in [-0.2, 0) is 16.6 Å². The molecule has 0 bridgehead atoms. The van der Waals surface area contributed by atoms with Crippen molar-refractivity contribution in [2.45, 2.75) is 89.9 Å². The van der Waals surface area contributed by atoms with Crippen molar-refractivity contribution in [2.24, 2.45) is 5.41 Å². The Morgan fingerprint density at radius 1 is 1.20 bits per heavy atom. The Labute approximate surface area is 210 Å². The van der Waals surface area contributed by atoms with Gasteiger partial charge in [0.15, 0.2) is 5.82 Å². The maximum atomic E-state index is 13.1. The topological polar surface area (TPSA) is 78.8 Å². The number of carbonyl (C=O) groups is 1. The molecule has 0 saturated heterocycles. The van der Waals surface area contributed by atoms with Crippen molar-refractivity contribution in [3.8, 4) is 6.07 Å². The fraction of sp³-hybridized carbons (Fsp3) is 0.567. The maximum Gasteiger partial charge on any atom is 0.202 e. The van der Waals surface area contributed by atoms with Gasteiger partial charge in [-0.3, -0.25) is 4.79 Å². The molecule has 0 radical (unpaired) electrons. The molecule has 1 N–H and O–H groups in total. The first kappa shape index (κ1) is 25.4. The Hall–Kier alpha value is -2.71. The number of hydrogen-bond donors (Lipinski definition) is 1. The number of ketones is 1. The number of methoxy groups -OCH3 is 1. The lowest BCUT2D eigenvalue weighted by Gasteiger charge is -2.39. The SMILES string of the molecule is COCCCC1(c2ccc(CC(=O)c3ncc(C#N)[nH]3)c(C3=CCC(C)(C)CC3)c2)CCCCC1. The number of allylic oxidation sites excluding steroid dienone is 2. The van der Waals surface area contributed by atoms with Crippen molar-refractivity contribution in [3.63, 3.8) is 0 Å². The predicted octanol–water partition coefficient (Wildman–Crippen LogP) is 6.93. The Balaban J connectivity index is 1.70. The summed E-state index contributed by atoms with van der Waals surface area (Å²) in [5.74, 6) is 0.184. The molecule has 1 fully saturated rings. The van der Waals surface area contributed by atoms with Gasteiger partial charge in [0.25, 0.3) is 0 Å². The minimum Gasteiger partial charge on any atom is -0.385 e. The zero-order chi connectivity index (χ0) is 24.9. The highest BCUT2D eigenvalue weighted by atomic mass is 16.5. The molecule has 5 heteroatoms. The van der Waals surface area contributed by atoms with Crippen LogP contribution in [0.2, 0.25) is 0 Å². The van der Waals surface area contributed by atoms with Gasteiger partial charge in [-0.05, 0) is 78.0 Å². The summed E-state index contributed by atoms with van der Waals surface area (Å²) < 4.78 is 5.39. The van der Waals surface area contributed by atoms with Crippen LogP contribution in [0.15, 0.2) is 30.5 Å². The van der Waals surface area contributed by atoms with Crippen LogP contribution in [0.4, 0.5) is 0 Å². The smallest absolute Gasteiger partial charge is 0.202 e. The molecule has 0 aliphatic heterocycles. The third-order valence-corrected chi connectivity index (χ3v) is 8.17. The van der Waals surface area contributed by atoms with Crippen molar-refractivity contribution in [2.75, 3.05) is 13.7 Å². The molecule has 4 rings (SSSR count). The number of nitriles is 1. The predicted molar refractivity (Wildman–Crippen MR) is 139 cm³/mol. The molecule has 2 aliphatic rings. The molecule has 186 valence electrons. The molecular weight excluding hydrogens is 434 g/mol. The summed E-state index contributed by atoms with van der Waals surface area (Å²) in [7, 11) is 1.78. The third kappa shape index (κ3) is 5.93. The van der Waals surface area contributed by atoms with E-state index in [0.29, 0.717) is 11.1 Å². The van der Waals surface area contributed by atoms with Gasteiger partial charge in [0.1, 0.15) is 11.8 Å². The summed E-state index contributed by atoms with van der Waals surface area (Å²) in [6.45, 7) is 5.46. The Morgan fingerprint density at radius 3 is 2.66 bits per heavy atom. The number of nitrogens with zero attached hydrogens (tertiary/aromatic N) is 2. The molecule has 2 aromatic rings. The number of carbonyl (C=O) groups excluding carboxylic acids is 1. The van der Waals surface area contributed by atoms with Crippen LogP contribution in [-0.4, -0.2) is 29.5 Å². The zero-order valence-electron chi connectivity index (χ0n) is 21.6. The number of Topliss-reactive ketones (excluding diaryl/α,β-unsaturated/α-hetero) is 1. The minimum atomic E-state index is -0.0790. The van der Waals surface area contributed by atoms with E-state index in [4.69, 9.17) is 10.00 Å². The first-order valence-corrected chi connectivity index (χ1v) is 13.2. The molecule has 1 aromatic heterocycles. The van der Waals surface area contributed by atoms with E-state index in [2.05, 4.69) is 48.1 Å². The van der Waals surface area contributed by atoms with E-state index >= 15 is 0 Å². The van der Waals surface area contributed by atoms with Crippen LogP contribution in [0.25, 0.3) is 5.57 Å². The molecule has 2 aliphatic carbocycles. The number of imidazole rings is 1. The largest absolute Gasteiger partial charge is 0.385 e. The Bertz CT molecular complexity index is 1110. The lowest BCUT2D eigenvalue weighted by molar-refractivity contribution is 0.0984. The summed E-state index contributed by atoms with van der Waals surface area (Å²) in [5.41, 5.74) is 5.92. The molecule has 1 heterocycles. The number of aromatic nitrogens is 2. The Morgan fingerprint density at radius 2 is 2.00 bits per heavy atom. The first-order valence-electron chi connectivity index (χ1n) is 13.2. The third-order valence-electron chi connectivity index (χ3n) is 8.17. The van der Waals surface area contributed by atoms with Gasteiger partial charge in [-0.2, -0.15) is 5.26 Å². The van der Waals surface area contributed by atoms with E-state index in [1.165, 1.54) is 55.0 Å². The highest BCUT2D eigenvalue weighted by molar-refractivity contribution is 5.95. The van der Waals surface area contributed by atoms with Crippen molar-refractivity contribution < 1.29 is 9.53 Å². The lowest BCUT2D eigenvalue weighted by atomic mass is 9.66. The van der Waals surface area contributed by atoms with Crippen LogP contribution >= 0.6 is 0 Å². The van der Waals surface area contributed by atoms with Crippen molar-refractivity contribution >= 4 is 11.4 Å². The lowest BCUT2D eigenvalue weighted by Crippen LogP contribution is -2.30. The van der Waals surface area contributed by atoms with Gasteiger partial charge >= 0.3 is 0 Å². The fourth-order valence-corrected chi connectivity index (χ4v) is 5.92. The summed E-state index contributed by atoms with van der Waals surface area (Å²) in [5, 5.41) is 9.09. The molecule has 1 saturated carbocycles. The second-order valence-corrected chi connectivity index (χ2v) is 11.3. The van der Waals surface area contributed by atoms with Crippen LogP contribution < -0.4 is 0 Å². The molecule has 35 heavy (non-hydrogen) atoms. The van der Waals surface area contributed by atoms with Gasteiger partial charge in [0.2, 0.25) is 5.78 Å². The van der Waals surface area contributed by atoms with Gasteiger partial charge in [-0.15, -0.1) is 0 Å². The number of rotatable bonds is 9. The summed E-state index contributed by atoms with van der Waals surface area (Å²) >= 11 is 0. The highest BCUT2D eigenvalue weighted by Crippen LogP contribution is 2.45. The second-order valence-electron chi connectivity index (χ2n) is 11.3. The molecule has 1 aromatic carbocycles. The summed E-state index contributed by atoms with van der Waals surface area (Å²) in [4.78, 5) is 20.0. The normalized spacial score (nSPS) is 19.1. The molecule has 0 spiro atoms. The minimum absolute atomic E-state index is 0.0790. The average molecular weight is 474 g/mol. The van der Waals surface area contributed by atoms with Crippen molar-refractivity contribution in [1.82, 2.24) is 9.97 Å². The maximum absolute atomic E-state index is 13.1. The van der Waals surface area contributed by atoms with Crippen molar-refractivity contribution in [3.05, 3.63) is 58.7 Å². The quantitative estimate of drug-likeness (QED) is 0.316. The van der Waals surface area contributed by atoms with E-state index in [1.54, 1.807) is 7.11 Å². The van der Waals surface area contributed by atoms with E-state index in [9.17, 15) is 4.79 Å². The summed E-state index contributed by atoms with van der Waals surface area (Å²) in [6.07, 6.45) is 15.9. The zero-order valence-corrected chi connectivity index (χ0v) is 21.6. The average Bonchev–Trinajstić information content (AvgIpc) is 3.35. The molecule has 0 unspecified atom stereocenters. The van der Waals surface area contributed by atoms with E-state index in [0.717, 1.165) is 44.3 Å². The molecule has 0 amide bonds. The van der Waals surface area contributed by atoms with Crippen LogP contribution in [0, 0.1) is 16.7 Å². The number of nitrogens with one attached hydrogen (secondary N) is 1. The standard InChI is InChI=1S/C30H39N3O2/c1-29(2)15-10-22(11-16-29)26-19-24(30(14-7-17-35-3)12-5-4-6-13-30)9-8-23(26)18-27(34)28-32-21-25(20-31)33-28/h8-10,19,21H,4-7,11-18H2,1-3H3,(H,32,33). The summed E-state index contributed by atoms with van der Waals surface area (Å²) in [6, 6.07) is 8.89. The van der Waals surface area contributed by atoms with Gasteiger partial charge in [0, 0.05) is 20.1 Å². The van der Waals surface area contributed by atoms with Crippen LogP contribution in [0.3, 0.4) is 0 Å². The number of aromatic amines is 1. The number of hydrogen-bond acceptors (Lipinski definition) is 4. The fourth-order valence-electron chi connectivity index (χ4n) is 5.92. The van der Waals surface area contributed by atoms with Crippen LogP contribution in [0.1, 0.15) is 111 Å². The molecule has 5 nitrogen and oxygen atoms in total. The number of H-pyrrole nitrogens is 1. The first-order chi connectivity index (χ1) is 16.9. The van der Waals surface area contributed by atoms with Gasteiger partial charge < -0.3 is 9.72 Å². The van der Waals surface area contributed by atoms with Crippen molar-refractivity contribution in [1.29, 1.82) is 5.26 Å². The number of benzene rings is 1. The van der Waals surface area contributed by atoms with Gasteiger partial charge in [0.05, 0.1) is 6.20 Å².